The van der Waals surface area contributed by atoms with Gasteiger partial charge in [-0.3, -0.25) is 4.79 Å². The Morgan fingerprint density at radius 1 is 1.35 bits per heavy atom. The number of anilines is 1. The summed E-state index contributed by atoms with van der Waals surface area (Å²) in [6, 6.07) is 7.18. The molecule has 2 heterocycles. The Balaban J connectivity index is 0.000000254. The first kappa shape index (κ1) is 20.0. The summed E-state index contributed by atoms with van der Waals surface area (Å²) in [6.45, 7) is 5.92. The van der Waals surface area contributed by atoms with E-state index in [0.29, 0.717) is 5.58 Å². The Morgan fingerprint density at radius 3 is 2.77 bits per heavy atom. The van der Waals surface area contributed by atoms with E-state index in [2.05, 4.69) is 17.6 Å². The molecule has 3 N–H and O–H groups in total. The number of aryl methyl sites for hydroxylation is 1. The van der Waals surface area contributed by atoms with E-state index in [4.69, 9.17) is 9.52 Å². The summed E-state index contributed by atoms with van der Waals surface area (Å²) in [6.07, 6.45) is 5.39. The maximum Gasteiger partial charge on any atom is 0.336 e. The zero-order valence-corrected chi connectivity index (χ0v) is 15.5. The lowest BCUT2D eigenvalue weighted by molar-refractivity contribution is -0.139. The van der Waals surface area contributed by atoms with Gasteiger partial charge in [-0.15, -0.1) is 0 Å². The van der Waals surface area contributed by atoms with Crippen molar-refractivity contribution in [2.45, 2.75) is 52.0 Å². The molecule has 3 rings (SSSR count). The van der Waals surface area contributed by atoms with Crippen LogP contribution in [0, 0.1) is 6.92 Å². The number of carboxylic acid groups (broad SMARTS) is 1. The molecule has 142 valence electrons. The molecule has 26 heavy (non-hydrogen) atoms. The fourth-order valence-electron chi connectivity index (χ4n) is 2.94. The molecule has 1 aromatic heterocycles. The smallest absolute Gasteiger partial charge is 0.336 e. The minimum absolute atomic E-state index is 0.269. The van der Waals surface area contributed by atoms with Crippen molar-refractivity contribution < 1.29 is 14.3 Å². The number of aliphatic carboxylic acids is 1. The second-order valence-electron chi connectivity index (χ2n) is 6.58. The predicted octanol–water partition coefficient (Wildman–Crippen LogP) is 3.53. The molecule has 0 spiro atoms. The van der Waals surface area contributed by atoms with Gasteiger partial charge in [0, 0.05) is 29.8 Å². The highest BCUT2D eigenvalue weighted by Gasteiger charge is 2.20. The van der Waals surface area contributed by atoms with Gasteiger partial charge in [-0.1, -0.05) is 19.8 Å². The van der Waals surface area contributed by atoms with E-state index in [0.717, 1.165) is 49.0 Å². The normalized spacial score (nSPS) is 16.2. The number of benzene rings is 1. The quantitative estimate of drug-likeness (QED) is 0.539. The lowest BCUT2D eigenvalue weighted by Crippen LogP contribution is -2.29. The average molecular weight is 360 g/mol. The first-order valence-electron chi connectivity index (χ1n) is 9.26. The topological polar surface area (TPSA) is 91.6 Å². The number of hydrogen-bond donors (Lipinski definition) is 3. The van der Waals surface area contributed by atoms with Crippen LogP contribution in [0.5, 0.6) is 0 Å². The number of fused-ring (bicyclic) bond motifs is 1. The molecule has 6 nitrogen and oxygen atoms in total. The minimum atomic E-state index is -0.720. The molecular formula is C20H28N2O4. The van der Waals surface area contributed by atoms with Gasteiger partial charge < -0.3 is 20.2 Å². The van der Waals surface area contributed by atoms with Gasteiger partial charge in [-0.05, 0) is 50.4 Å². The van der Waals surface area contributed by atoms with Gasteiger partial charge in [0.05, 0.1) is 0 Å². The first-order chi connectivity index (χ1) is 12.5. The van der Waals surface area contributed by atoms with Crippen molar-refractivity contribution in [3.8, 4) is 0 Å². The third kappa shape index (κ3) is 5.88. The molecule has 6 heteroatoms. The van der Waals surface area contributed by atoms with Crippen molar-refractivity contribution in [3.05, 3.63) is 40.2 Å². The van der Waals surface area contributed by atoms with Gasteiger partial charge >= 0.3 is 11.6 Å². The van der Waals surface area contributed by atoms with Gasteiger partial charge in [0.2, 0.25) is 0 Å². The van der Waals surface area contributed by atoms with Gasteiger partial charge in [-0.25, -0.2) is 4.79 Å². The van der Waals surface area contributed by atoms with E-state index in [9.17, 15) is 9.59 Å². The van der Waals surface area contributed by atoms with Crippen LogP contribution in [0.1, 0.15) is 44.6 Å². The SMILES string of the molecule is CCCCCNc1ccc2c(C)cc(=O)oc2c1.O=C(O)[C@@H]1CCCN1. The Hall–Kier alpha value is -2.34. The number of unbranched alkanes of at least 4 members (excludes halogenated alkanes) is 2. The monoisotopic (exact) mass is 360 g/mol. The third-order valence-corrected chi connectivity index (χ3v) is 4.42. The third-order valence-electron chi connectivity index (χ3n) is 4.42. The molecule has 1 aliphatic rings. The van der Waals surface area contributed by atoms with E-state index < -0.39 is 5.97 Å². The molecule has 1 aliphatic heterocycles. The highest BCUT2D eigenvalue weighted by Crippen LogP contribution is 2.20. The van der Waals surface area contributed by atoms with Crippen LogP contribution < -0.4 is 16.3 Å². The van der Waals surface area contributed by atoms with Crippen LogP contribution >= 0.6 is 0 Å². The summed E-state index contributed by atoms with van der Waals surface area (Å²) in [5.41, 5.74) is 2.33. The Kier molecular flexibility index (Phi) is 7.66. The first-order valence-corrected chi connectivity index (χ1v) is 9.26. The fourth-order valence-corrected chi connectivity index (χ4v) is 2.94. The van der Waals surface area contributed by atoms with Crippen molar-refractivity contribution in [3.63, 3.8) is 0 Å². The molecule has 2 aromatic rings. The zero-order chi connectivity index (χ0) is 18.9. The van der Waals surface area contributed by atoms with Gasteiger partial charge in [0.25, 0.3) is 0 Å². The lowest BCUT2D eigenvalue weighted by atomic mass is 10.1. The summed E-state index contributed by atoms with van der Waals surface area (Å²) in [5, 5.41) is 15.5. The van der Waals surface area contributed by atoms with Crippen molar-refractivity contribution in [1.82, 2.24) is 5.32 Å². The van der Waals surface area contributed by atoms with Crippen LogP contribution in [0.2, 0.25) is 0 Å². The number of rotatable bonds is 6. The molecule has 0 aliphatic carbocycles. The summed E-state index contributed by atoms with van der Waals surface area (Å²) in [7, 11) is 0. The van der Waals surface area contributed by atoms with Crippen molar-refractivity contribution in [2.24, 2.45) is 0 Å². The van der Waals surface area contributed by atoms with E-state index in [1.807, 2.05) is 25.1 Å². The molecule has 1 fully saturated rings. The molecule has 0 saturated carbocycles. The maximum absolute atomic E-state index is 11.3. The van der Waals surface area contributed by atoms with Gasteiger partial charge in [0.1, 0.15) is 11.6 Å². The largest absolute Gasteiger partial charge is 0.480 e. The molecule has 0 amide bonds. The van der Waals surface area contributed by atoms with Crippen molar-refractivity contribution >= 4 is 22.6 Å². The van der Waals surface area contributed by atoms with Crippen LogP contribution in [0.15, 0.2) is 33.5 Å². The Morgan fingerprint density at radius 2 is 2.15 bits per heavy atom. The summed E-state index contributed by atoms with van der Waals surface area (Å²) >= 11 is 0. The standard InChI is InChI=1S/C15H19NO2.C5H9NO2/c1-3-4-5-8-16-12-6-7-13-11(2)9-15(17)18-14(13)10-12;7-5(8)4-2-1-3-6-4/h6-7,9-10,16H,3-5,8H2,1-2H3;4,6H,1-3H2,(H,7,8)/t;4-/m.0/s1. The fraction of sp³-hybridized carbons (Fsp3) is 0.500. The maximum atomic E-state index is 11.3. The Labute approximate surface area is 153 Å². The molecule has 0 unspecified atom stereocenters. The minimum Gasteiger partial charge on any atom is -0.480 e. The van der Waals surface area contributed by atoms with Gasteiger partial charge in [0.15, 0.2) is 0 Å². The van der Waals surface area contributed by atoms with Crippen LogP contribution in [0.25, 0.3) is 11.0 Å². The van der Waals surface area contributed by atoms with E-state index in [1.54, 1.807) is 0 Å². The lowest BCUT2D eigenvalue weighted by Gasteiger charge is -2.07. The summed E-state index contributed by atoms with van der Waals surface area (Å²) in [5.74, 6) is -0.720. The van der Waals surface area contributed by atoms with E-state index in [-0.39, 0.29) is 11.7 Å². The van der Waals surface area contributed by atoms with Crippen LogP contribution in [-0.4, -0.2) is 30.2 Å². The zero-order valence-electron chi connectivity index (χ0n) is 15.5. The Bertz CT molecular complexity index is 779. The number of hydrogen-bond acceptors (Lipinski definition) is 5. The van der Waals surface area contributed by atoms with Crippen LogP contribution in [0.4, 0.5) is 5.69 Å². The van der Waals surface area contributed by atoms with E-state index >= 15 is 0 Å². The number of nitrogens with one attached hydrogen (secondary N) is 2. The molecule has 1 aromatic carbocycles. The highest BCUT2D eigenvalue weighted by molar-refractivity contribution is 5.83. The second-order valence-corrected chi connectivity index (χ2v) is 6.58. The summed E-state index contributed by atoms with van der Waals surface area (Å²) in [4.78, 5) is 21.5. The van der Waals surface area contributed by atoms with Crippen LogP contribution in [0.3, 0.4) is 0 Å². The molecule has 0 bridgehead atoms. The molecule has 0 radical (unpaired) electrons. The molecular weight excluding hydrogens is 332 g/mol. The van der Waals surface area contributed by atoms with Gasteiger partial charge in [-0.2, -0.15) is 0 Å². The molecule has 1 atom stereocenters. The van der Waals surface area contributed by atoms with E-state index in [1.165, 1.54) is 18.9 Å². The second kappa shape index (κ2) is 9.97. The highest BCUT2D eigenvalue weighted by atomic mass is 16.4. The number of carboxylic acids is 1. The van der Waals surface area contributed by atoms with Crippen molar-refractivity contribution in [2.75, 3.05) is 18.4 Å². The van der Waals surface area contributed by atoms with Crippen LogP contribution in [-0.2, 0) is 4.79 Å². The average Bonchev–Trinajstić information content (AvgIpc) is 3.14. The van der Waals surface area contributed by atoms with Crippen molar-refractivity contribution in [1.29, 1.82) is 0 Å². The summed E-state index contributed by atoms with van der Waals surface area (Å²) < 4.78 is 5.22. The predicted molar refractivity (Wildman–Crippen MR) is 104 cm³/mol. The number of carbonyl (C=O) groups is 1. The molecule has 1 saturated heterocycles.